The van der Waals surface area contributed by atoms with Crippen LogP contribution < -0.4 is 5.73 Å². The SMILES string of the molecule is CC(N)c1c(Cl)ncc2c1CCCC2. The molecule has 0 bridgehead atoms. The molecule has 3 heteroatoms. The molecule has 1 aromatic rings. The van der Waals surface area contributed by atoms with Crippen molar-refractivity contribution in [3.8, 4) is 0 Å². The summed E-state index contributed by atoms with van der Waals surface area (Å²) < 4.78 is 0. The summed E-state index contributed by atoms with van der Waals surface area (Å²) in [5.74, 6) is 0. The molecule has 1 aliphatic rings. The zero-order valence-electron chi connectivity index (χ0n) is 8.39. The second-order valence-electron chi connectivity index (χ2n) is 3.96. The zero-order chi connectivity index (χ0) is 10.1. The molecule has 14 heavy (non-hydrogen) atoms. The third-order valence-electron chi connectivity index (χ3n) is 2.85. The molecule has 2 N–H and O–H groups in total. The van der Waals surface area contributed by atoms with Gasteiger partial charge in [0.25, 0.3) is 0 Å². The highest BCUT2D eigenvalue weighted by Gasteiger charge is 2.18. The Morgan fingerprint density at radius 3 is 2.86 bits per heavy atom. The first-order chi connectivity index (χ1) is 6.70. The van der Waals surface area contributed by atoms with Crippen molar-refractivity contribution in [2.45, 2.75) is 38.6 Å². The Morgan fingerprint density at radius 1 is 1.43 bits per heavy atom. The highest BCUT2D eigenvalue weighted by Crippen LogP contribution is 2.30. The number of aryl methyl sites for hydroxylation is 1. The lowest BCUT2D eigenvalue weighted by atomic mass is 9.88. The maximum atomic E-state index is 6.07. The third-order valence-corrected chi connectivity index (χ3v) is 3.15. The summed E-state index contributed by atoms with van der Waals surface area (Å²) in [6.07, 6.45) is 6.64. The Bertz CT molecular complexity index is 347. The van der Waals surface area contributed by atoms with Crippen LogP contribution in [0.15, 0.2) is 6.20 Å². The van der Waals surface area contributed by atoms with E-state index in [0.717, 1.165) is 18.4 Å². The first-order valence-electron chi connectivity index (χ1n) is 5.12. The van der Waals surface area contributed by atoms with Gasteiger partial charge >= 0.3 is 0 Å². The molecular formula is C11H15ClN2. The first kappa shape index (κ1) is 9.94. The second-order valence-corrected chi connectivity index (χ2v) is 4.32. The lowest BCUT2D eigenvalue weighted by Gasteiger charge is -2.21. The number of aromatic nitrogens is 1. The minimum absolute atomic E-state index is 0.0111. The van der Waals surface area contributed by atoms with Crippen molar-refractivity contribution >= 4 is 11.6 Å². The van der Waals surface area contributed by atoms with Crippen LogP contribution in [-0.4, -0.2) is 4.98 Å². The van der Waals surface area contributed by atoms with Crippen molar-refractivity contribution < 1.29 is 0 Å². The molecule has 0 spiro atoms. The Labute approximate surface area is 89.5 Å². The van der Waals surface area contributed by atoms with Crippen molar-refractivity contribution in [1.82, 2.24) is 4.98 Å². The maximum Gasteiger partial charge on any atom is 0.134 e. The molecule has 0 amide bonds. The van der Waals surface area contributed by atoms with Crippen LogP contribution in [0.3, 0.4) is 0 Å². The van der Waals surface area contributed by atoms with Crippen LogP contribution in [-0.2, 0) is 12.8 Å². The molecule has 1 heterocycles. The Hall–Kier alpha value is -0.600. The van der Waals surface area contributed by atoms with Crippen molar-refractivity contribution in [2.75, 3.05) is 0 Å². The highest BCUT2D eigenvalue weighted by molar-refractivity contribution is 6.30. The molecule has 0 aromatic carbocycles. The summed E-state index contributed by atoms with van der Waals surface area (Å²) in [7, 11) is 0. The fourth-order valence-corrected chi connectivity index (χ4v) is 2.51. The lowest BCUT2D eigenvalue weighted by Crippen LogP contribution is -2.14. The average molecular weight is 211 g/mol. The van der Waals surface area contributed by atoms with E-state index < -0.39 is 0 Å². The number of halogens is 1. The molecule has 0 saturated carbocycles. The van der Waals surface area contributed by atoms with Crippen LogP contribution in [0.4, 0.5) is 0 Å². The minimum atomic E-state index is -0.0111. The fraction of sp³-hybridized carbons (Fsp3) is 0.545. The highest BCUT2D eigenvalue weighted by atomic mass is 35.5. The normalized spacial score (nSPS) is 17.6. The Balaban J connectivity index is 2.55. The maximum absolute atomic E-state index is 6.07. The molecule has 0 radical (unpaired) electrons. The van der Waals surface area contributed by atoms with Gasteiger partial charge in [0.05, 0.1) is 0 Å². The second kappa shape index (κ2) is 3.87. The van der Waals surface area contributed by atoms with Gasteiger partial charge in [-0.3, -0.25) is 0 Å². The molecule has 76 valence electrons. The van der Waals surface area contributed by atoms with E-state index in [0.29, 0.717) is 5.15 Å². The number of fused-ring (bicyclic) bond motifs is 1. The summed E-state index contributed by atoms with van der Waals surface area (Å²) in [5.41, 5.74) is 9.67. The topological polar surface area (TPSA) is 38.9 Å². The van der Waals surface area contributed by atoms with Crippen molar-refractivity contribution in [1.29, 1.82) is 0 Å². The van der Waals surface area contributed by atoms with Gasteiger partial charge in [0, 0.05) is 17.8 Å². The van der Waals surface area contributed by atoms with Crippen LogP contribution >= 0.6 is 11.6 Å². The molecule has 1 unspecified atom stereocenters. The molecule has 1 aromatic heterocycles. The van der Waals surface area contributed by atoms with E-state index in [9.17, 15) is 0 Å². The van der Waals surface area contributed by atoms with E-state index in [1.165, 1.54) is 24.0 Å². The lowest BCUT2D eigenvalue weighted by molar-refractivity contribution is 0.661. The largest absolute Gasteiger partial charge is 0.324 e. The molecule has 2 rings (SSSR count). The van der Waals surface area contributed by atoms with Crippen LogP contribution in [0.2, 0.25) is 5.15 Å². The van der Waals surface area contributed by atoms with Gasteiger partial charge in [0.15, 0.2) is 0 Å². The van der Waals surface area contributed by atoms with E-state index in [1.807, 2.05) is 13.1 Å². The van der Waals surface area contributed by atoms with Gasteiger partial charge in [-0.1, -0.05) is 11.6 Å². The quantitative estimate of drug-likeness (QED) is 0.724. The molecule has 2 nitrogen and oxygen atoms in total. The number of nitrogens with zero attached hydrogens (tertiary/aromatic N) is 1. The monoisotopic (exact) mass is 210 g/mol. The summed E-state index contributed by atoms with van der Waals surface area (Å²) in [6, 6.07) is -0.0111. The van der Waals surface area contributed by atoms with Crippen LogP contribution in [0.25, 0.3) is 0 Å². The fourth-order valence-electron chi connectivity index (χ4n) is 2.17. The molecule has 0 saturated heterocycles. The van der Waals surface area contributed by atoms with Crippen molar-refractivity contribution in [2.24, 2.45) is 5.73 Å². The van der Waals surface area contributed by atoms with Crippen molar-refractivity contribution in [3.63, 3.8) is 0 Å². The summed E-state index contributed by atoms with van der Waals surface area (Å²) in [5, 5.41) is 0.584. The van der Waals surface area contributed by atoms with E-state index in [1.54, 1.807) is 0 Å². The van der Waals surface area contributed by atoms with Crippen molar-refractivity contribution in [3.05, 3.63) is 28.0 Å². The van der Waals surface area contributed by atoms with Crippen LogP contribution in [0.5, 0.6) is 0 Å². The number of rotatable bonds is 1. The summed E-state index contributed by atoms with van der Waals surface area (Å²) >= 11 is 6.07. The van der Waals surface area contributed by atoms with E-state index in [2.05, 4.69) is 4.98 Å². The van der Waals surface area contributed by atoms with Gasteiger partial charge in [-0.15, -0.1) is 0 Å². The van der Waals surface area contributed by atoms with Gasteiger partial charge in [-0.25, -0.2) is 4.98 Å². The van der Waals surface area contributed by atoms with Gasteiger partial charge in [-0.2, -0.15) is 0 Å². The number of hydrogen-bond donors (Lipinski definition) is 1. The average Bonchev–Trinajstić information content (AvgIpc) is 2.17. The smallest absolute Gasteiger partial charge is 0.134 e. The van der Waals surface area contributed by atoms with Crippen LogP contribution in [0.1, 0.15) is 42.5 Å². The van der Waals surface area contributed by atoms with E-state index in [4.69, 9.17) is 17.3 Å². The Kier molecular flexibility index (Phi) is 2.75. The Morgan fingerprint density at radius 2 is 2.14 bits per heavy atom. The minimum Gasteiger partial charge on any atom is -0.324 e. The van der Waals surface area contributed by atoms with Crippen LogP contribution in [0, 0.1) is 0 Å². The van der Waals surface area contributed by atoms with E-state index >= 15 is 0 Å². The number of nitrogens with two attached hydrogens (primary N) is 1. The van der Waals surface area contributed by atoms with Gasteiger partial charge < -0.3 is 5.73 Å². The van der Waals surface area contributed by atoms with Gasteiger partial charge in [0.2, 0.25) is 0 Å². The number of pyridine rings is 1. The number of hydrogen-bond acceptors (Lipinski definition) is 2. The molecular weight excluding hydrogens is 196 g/mol. The van der Waals surface area contributed by atoms with Gasteiger partial charge in [0.1, 0.15) is 5.15 Å². The van der Waals surface area contributed by atoms with Gasteiger partial charge in [-0.05, 0) is 43.7 Å². The summed E-state index contributed by atoms with van der Waals surface area (Å²) in [4.78, 5) is 4.20. The first-order valence-corrected chi connectivity index (χ1v) is 5.49. The standard InChI is InChI=1S/C11H15ClN2/c1-7(13)10-9-5-3-2-4-8(9)6-14-11(10)12/h6-7H,2-5,13H2,1H3. The molecule has 0 fully saturated rings. The zero-order valence-corrected chi connectivity index (χ0v) is 9.14. The third kappa shape index (κ3) is 1.64. The predicted octanol–water partition coefficient (Wildman–Crippen LogP) is 2.63. The molecule has 1 atom stereocenters. The molecule has 0 aliphatic heterocycles. The summed E-state index contributed by atoms with van der Waals surface area (Å²) in [6.45, 7) is 1.97. The van der Waals surface area contributed by atoms with E-state index in [-0.39, 0.29) is 6.04 Å². The predicted molar refractivity (Wildman–Crippen MR) is 58.5 cm³/mol. The molecule has 1 aliphatic carbocycles.